The molecule has 0 unspecified atom stereocenters. The largest absolute Gasteiger partial charge is 0.495 e. The number of hydrogen-bond acceptors (Lipinski definition) is 12. The van der Waals surface area contributed by atoms with Crippen molar-refractivity contribution >= 4 is 162 Å². The summed E-state index contributed by atoms with van der Waals surface area (Å²) in [6.45, 7) is 0. The Labute approximate surface area is 680 Å². The van der Waals surface area contributed by atoms with Gasteiger partial charge in [-0.15, -0.1) is 0 Å². The molecular formula is C100H66BBrN5O9P. The fourth-order valence-electron chi connectivity index (χ4n) is 15.4. The maximum atomic E-state index is 11.8. The van der Waals surface area contributed by atoms with Gasteiger partial charge in [-0.2, -0.15) is 0 Å². The highest BCUT2D eigenvalue weighted by atomic mass is 79.9. The monoisotopic (exact) mass is 1600 g/mol. The van der Waals surface area contributed by atoms with Crippen LogP contribution in [-0.2, 0) is 6.42 Å². The van der Waals surface area contributed by atoms with E-state index in [0.717, 1.165) is 99.4 Å². The number of rotatable bonds is 10. The van der Waals surface area contributed by atoms with E-state index in [4.69, 9.17) is 23.3 Å². The summed E-state index contributed by atoms with van der Waals surface area (Å²) < 4.78 is 19.6. The lowest BCUT2D eigenvalue weighted by atomic mass is 9.78. The quantitative estimate of drug-likeness (QED) is 0.0568. The maximum absolute atomic E-state index is 11.8. The first-order valence-electron chi connectivity index (χ1n) is 37.9. The molecule has 14 nitrogen and oxygen atoms in total. The van der Waals surface area contributed by atoms with Gasteiger partial charge in [-0.3, -0.25) is 35.2 Å². The van der Waals surface area contributed by atoms with Gasteiger partial charge in [0.2, 0.25) is 0 Å². The van der Waals surface area contributed by atoms with Gasteiger partial charge in [0.15, 0.2) is 0 Å². The Bertz CT molecular complexity index is 7210. The fraction of sp³-hybridized carbons (Fsp3) is 0.0100. The van der Waals surface area contributed by atoms with E-state index in [9.17, 15) is 20.2 Å². The van der Waals surface area contributed by atoms with Crippen LogP contribution in [0.15, 0.2) is 394 Å². The van der Waals surface area contributed by atoms with E-state index in [1.54, 1.807) is 42.7 Å². The lowest BCUT2D eigenvalue weighted by Gasteiger charge is -2.18. The Morgan fingerprint density at radius 1 is 0.325 bits per heavy atom. The number of hydrogen-bond donors (Lipinski definition) is 2. The number of nitro groups is 2. The zero-order valence-corrected chi connectivity index (χ0v) is 64.9. The fourth-order valence-corrected chi connectivity index (χ4v) is 18.1. The minimum atomic E-state index is -1.89. The van der Waals surface area contributed by atoms with Crippen LogP contribution in [0.1, 0.15) is 11.1 Å². The topological polar surface area (TPSA) is 205 Å². The molecule has 0 fully saturated rings. The molecule has 6 heterocycles. The van der Waals surface area contributed by atoms with Crippen LogP contribution in [0.25, 0.3) is 154 Å². The summed E-state index contributed by atoms with van der Waals surface area (Å²) in [4.78, 5) is 34.6. The van der Waals surface area contributed by atoms with Crippen molar-refractivity contribution in [3.63, 3.8) is 0 Å². The highest BCUT2D eigenvalue weighted by molar-refractivity contribution is 9.10. The first-order valence-corrected chi connectivity index (χ1v) is 40.0. The van der Waals surface area contributed by atoms with Crippen molar-refractivity contribution < 1.29 is 33.1 Å². The number of nitro benzene ring substituents is 2. The summed E-state index contributed by atoms with van der Waals surface area (Å²) in [5, 5.41) is 58.5. The number of aromatic nitrogens is 3. The van der Waals surface area contributed by atoms with E-state index < -0.39 is 20.0 Å². The molecule has 6 aromatic heterocycles. The minimum absolute atomic E-state index is 0.0563. The molecule has 15 aromatic carbocycles. The van der Waals surface area contributed by atoms with Gasteiger partial charge in [0.05, 0.1) is 38.0 Å². The SMILES string of the molecule is Brc1ccc2ccc3c4ccccc4oc3c2c1.O=[N+]([O-])c1ccc(-c2ccccn2)cc1-c1ccc2ccc3c4ccccc4oc3c2c1.O=[N+]([O-])c1ccc(-c2ccccn2)cc1B(O)O.c1ccc(-c2ccc3c(c2)-c2cc4c(ccc5c6ccccc6oc45)cc2C3)nc1.c1ccc(P(c2ccccc2)c2ccccc2)cc1. The molecule has 0 atom stereocenters. The molecule has 1 aliphatic rings. The number of furan rings is 3. The van der Waals surface area contributed by atoms with Crippen molar-refractivity contribution in [1.29, 1.82) is 0 Å². The van der Waals surface area contributed by atoms with Gasteiger partial charge in [-0.1, -0.05) is 234 Å². The summed E-state index contributed by atoms with van der Waals surface area (Å²) in [6.07, 6.45) is 6.13. The van der Waals surface area contributed by atoms with Crippen LogP contribution in [0.5, 0.6) is 0 Å². The van der Waals surface area contributed by atoms with Crippen LogP contribution in [-0.4, -0.2) is 42.0 Å². The third-order valence-electron chi connectivity index (χ3n) is 21.0. The molecule has 2 N–H and O–H groups in total. The maximum Gasteiger partial charge on any atom is 0.495 e. The predicted molar refractivity (Wildman–Crippen MR) is 479 cm³/mol. The van der Waals surface area contributed by atoms with Crippen molar-refractivity contribution in [2.45, 2.75) is 6.42 Å². The van der Waals surface area contributed by atoms with Crippen LogP contribution in [0, 0.1) is 20.2 Å². The van der Waals surface area contributed by atoms with Gasteiger partial charge in [0.1, 0.15) is 33.5 Å². The molecule has 22 rings (SSSR count). The molecule has 0 saturated heterocycles. The second-order valence-corrected chi connectivity index (χ2v) is 31.2. The van der Waals surface area contributed by atoms with Gasteiger partial charge >= 0.3 is 7.12 Å². The average Bonchev–Trinajstić information content (AvgIpc) is 1.59. The number of benzene rings is 15. The first-order chi connectivity index (χ1) is 57.4. The second kappa shape index (κ2) is 32.6. The van der Waals surface area contributed by atoms with E-state index >= 15 is 0 Å². The van der Waals surface area contributed by atoms with Gasteiger partial charge in [-0.25, -0.2) is 0 Å². The Morgan fingerprint density at radius 2 is 0.709 bits per heavy atom. The number of halogens is 1. The van der Waals surface area contributed by atoms with Crippen molar-refractivity contribution in [2.24, 2.45) is 0 Å². The number of nitrogens with zero attached hydrogens (tertiary/aromatic N) is 5. The van der Waals surface area contributed by atoms with Gasteiger partial charge in [0, 0.05) is 100 Å². The highest BCUT2D eigenvalue weighted by Gasteiger charge is 2.26. The number of fused-ring (bicyclic) bond motifs is 18. The average molecular weight is 1600 g/mol. The molecule has 0 amide bonds. The van der Waals surface area contributed by atoms with E-state index in [-0.39, 0.29) is 21.8 Å². The Hall–Kier alpha value is -14.4. The molecule has 117 heavy (non-hydrogen) atoms. The molecule has 21 aromatic rings. The van der Waals surface area contributed by atoms with Crippen LogP contribution >= 0.6 is 23.9 Å². The van der Waals surface area contributed by atoms with E-state index in [1.807, 2.05) is 115 Å². The standard InChI is InChI=1S/C28H17NO.C27H16N2O3.C18H15P.C16H9BrO.C11H9BN2O4/c1-2-7-27-21(5-1)22-11-10-18-14-20-13-17-8-9-19(26-6-3-4-12-29-26)15-23(17)24(20)16-25(18)28(22)30-27;30-29(31)25-13-11-19(24-6-3-4-14-28-24)16-22(25)18-9-8-17-10-12-21-20-5-1-2-7-26(20)32-27(21)23(17)15-18;1-4-10-16(11-5-1)19(17-12-6-2-7-13-17)18-14-8-3-9-15-18;17-11-7-5-10-6-8-13-12-3-1-2-4-15(12)18-16(13)14(10)9-11;15-12(16)9-7-8(4-5-11(9)14(17)18)10-3-1-2-6-13-10/h1-12,14-16H,13H2;1-16H;1-15H;1-9H;1-7,15-16H. The van der Waals surface area contributed by atoms with Gasteiger partial charge in [0.25, 0.3) is 11.4 Å². The van der Waals surface area contributed by atoms with Crippen LogP contribution in [0.2, 0.25) is 0 Å². The van der Waals surface area contributed by atoms with Crippen molar-refractivity contribution in [2.75, 3.05) is 0 Å². The van der Waals surface area contributed by atoms with Crippen LogP contribution in [0.4, 0.5) is 11.4 Å². The smallest absolute Gasteiger partial charge is 0.455 e. The molecule has 0 aliphatic heterocycles. The molecule has 17 heteroatoms. The summed E-state index contributed by atoms with van der Waals surface area (Å²) in [5.41, 5.74) is 16.7. The summed E-state index contributed by atoms with van der Waals surface area (Å²) in [7, 11) is -2.34. The Balaban J connectivity index is 0.000000103. The van der Waals surface area contributed by atoms with Crippen molar-refractivity contribution in [1.82, 2.24) is 15.0 Å². The molecule has 0 saturated carbocycles. The van der Waals surface area contributed by atoms with E-state index in [2.05, 4.69) is 231 Å². The zero-order chi connectivity index (χ0) is 79.5. The lowest BCUT2D eigenvalue weighted by molar-refractivity contribution is -0.384. The Kier molecular flexibility index (Phi) is 20.6. The minimum Gasteiger partial charge on any atom is -0.455 e. The first kappa shape index (κ1) is 74.1. The lowest BCUT2D eigenvalue weighted by Crippen LogP contribution is -2.32. The van der Waals surface area contributed by atoms with Gasteiger partial charge < -0.3 is 23.3 Å². The van der Waals surface area contributed by atoms with E-state index in [0.29, 0.717) is 16.8 Å². The molecule has 560 valence electrons. The summed E-state index contributed by atoms with van der Waals surface area (Å²) in [6, 6.07) is 119. The highest BCUT2D eigenvalue weighted by Crippen LogP contribution is 2.45. The van der Waals surface area contributed by atoms with Crippen LogP contribution in [0.3, 0.4) is 0 Å². The summed E-state index contributed by atoms with van der Waals surface area (Å²) in [5.74, 6) is 0. The predicted octanol–water partition coefficient (Wildman–Crippen LogP) is 24.0. The molecule has 0 spiro atoms. The number of para-hydroxylation sites is 3. The number of pyridine rings is 3. The van der Waals surface area contributed by atoms with E-state index in [1.165, 1.54) is 94.1 Å². The normalized spacial score (nSPS) is 11.4. The van der Waals surface area contributed by atoms with Gasteiger partial charge in [-0.05, 0) is 202 Å². The zero-order valence-electron chi connectivity index (χ0n) is 62.4. The summed E-state index contributed by atoms with van der Waals surface area (Å²) >= 11 is 3.52. The molecule has 0 bridgehead atoms. The van der Waals surface area contributed by atoms with Crippen molar-refractivity contribution in [3.8, 4) is 56.0 Å². The van der Waals surface area contributed by atoms with Crippen LogP contribution < -0.4 is 21.4 Å². The third-order valence-corrected chi connectivity index (χ3v) is 23.9. The molecule has 0 radical (unpaired) electrons. The third kappa shape index (κ3) is 15.1. The Morgan fingerprint density at radius 3 is 1.18 bits per heavy atom. The molecular weight excluding hydrogens is 1540 g/mol. The second-order valence-electron chi connectivity index (χ2n) is 28.1. The molecule has 1 aliphatic carbocycles. The van der Waals surface area contributed by atoms with Crippen molar-refractivity contribution in [3.05, 3.63) is 412 Å².